The smallest absolute Gasteiger partial charge is 0.430 e. The number of hydrogen-bond donors (Lipinski definition) is 1. The van der Waals surface area contributed by atoms with Crippen LogP contribution in [0.2, 0.25) is 0 Å². The molecule has 1 N–H and O–H groups in total. The number of hydrogen-bond acceptors (Lipinski definition) is 5. The first-order valence-electron chi connectivity index (χ1n) is 14.4. The van der Waals surface area contributed by atoms with E-state index in [2.05, 4.69) is 10.2 Å². The summed E-state index contributed by atoms with van der Waals surface area (Å²) in [4.78, 5) is 29.9. The van der Waals surface area contributed by atoms with Gasteiger partial charge < -0.3 is 19.7 Å². The molecule has 3 aliphatic rings. The SMILES string of the molecule is CO[C@@](C(=O)N1CCC2(CC1)CC(=O)NCC2c1ccccc1OCCN1CCCC1)(c1ccccc1)C(F)(F)F. The Bertz CT molecular complexity index is 1210. The lowest BCUT2D eigenvalue weighted by Gasteiger charge is -2.50. The molecule has 10 heteroatoms. The molecule has 1 unspecified atom stereocenters. The van der Waals surface area contributed by atoms with Gasteiger partial charge in [0.25, 0.3) is 11.5 Å². The zero-order valence-corrected chi connectivity index (χ0v) is 23.4. The molecule has 0 aliphatic carbocycles. The third kappa shape index (κ3) is 5.68. The molecule has 2 aromatic rings. The van der Waals surface area contributed by atoms with Crippen molar-refractivity contribution < 1.29 is 32.2 Å². The van der Waals surface area contributed by atoms with E-state index >= 15 is 0 Å². The minimum Gasteiger partial charge on any atom is -0.492 e. The van der Waals surface area contributed by atoms with Gasteiger partial charge in [-0.1, -0.05) is 48.5 Å². The molecule has 7 nitrogen and oxygen atoms in total. The van der Waals surface area contributed by atoms with Crippen LogP contribution in [0.3, 0.4) is 0 Å². The zero-order valence-electron chi connectivity index (χ0n) is 23.4. The topological polar surface area (TPSA) is 71.1 Å². The monoisotopic (exact) mass is 573 g/mol. The Labute approximate surface area is 239 Å². The van der Waals surface area contributed by atoms with E-state index in [4.69, 9.17) is 9.47 Å². The van der Waals surface area contributed by atoms with Gasteiger partial charge >= 0.3 is 6.18 Å². The number of carbonyl (C=O) groups is 2. The van der Waals surface area contributed by atoms with Crippen LogP contribution >= 0.6 is 0 Å². The normalized spacial score (nSPS) is 22.8. The molecule has 3 fully saturated rings. The van der Waals surface area contributed by atoms with E-state index in [0.29, 0.717) is 26.0 Å². The van der Waals surface area contributed by atoms with Gasteiger partial charge in [0.2, 0.25) is 5.91 Å². The van der Waals surface area contributed by atoms with E-state index in [-0.39, 0.29) is 36.9 Å². The molecule has 1 spiro atoms. The first-order valence-corrected chi connectivity index (χ1v) is 14.4. The lowest BCUT2D eigenvalue weighted by atomic mass is 9.62. The summed E-state index contributed by atoms with van der Waals surface area (Å²) in [5, 5.41) is 2.99. The van der Waals surface area contributed by atoms with Gasteiger partial charge in [0.1, 0.15) is 12.4 Å². The van der Waals surface area contributed by atoms with Crippen LogP contribution in [0.5, 0.6) is 5.75 Å². The third-order valence-electron chi connectivity index (χ3n) is 9.15. The van der Waals surface area contributed by atoms with Crippen molar-refractivity contribution in [2.75, 3.05) is 53.0 Å². The minimum atomic E-state index is -4.96. The Kier molecular flexibility index (Phi) is 8.61. The van der Waals surface area contributed by atoms with E-state index < -0.39 is 23.1 Å². The van der Waals surface area contributed by atoms with Gasteiger partial charge in [-0.25, -0.2) is 0 Å². The molecule has 2 atom stereocenters. The van der Waals surface area contributed by atoms with Crippen LogP contribution in [-0.4, -0.2) is 80.8 Å². The van der Waals surface area contributed by atoms with Crippen molar-refractivity contribution in [3.8, 4) is 5.75 Å². The average molecular weight is 574 g/mol. The van der Waals surface area contributed by atoms with Crippen LogP contribution in [0.25, 0.3) is 0 Å². The van der Waals surface area contributed by atoms with Crippen molar-refractivity contribution in [1.29, 1.82) is 0 Å². The van der Waals surface area contributed by atoms with Crippen LogP contribution in [-0.2, 0) is 19.9 Å². The van der Waals surface area contributed by atoms with Crippen LogP contribution in [0.1, 0.15) is 49.1 Å². The van der Waals surface area contributed by atoms with E-state index in [1.165, 1.54) is 42.0 Å². The molecule has 3 saturated heterocycles. The number of halogens is 3. The number of carbonyl (C=O) groups excluding carboxylic acids is 2. The largest absolute Gasteiger partial charge is 0.492 e. The van der Waals surface area contributed by atoms with E-state index in [9.17, 15) is 22.8 Å². The second-order valence-corrected chi connectivity index (χ2v) is 11.4. The van der Waals surface area contributed by atoms with Crippen molar-refractivity contribution in [3.05, 3.63) is 65.7 Å². The predicted molar refractivity (Wildman–Crippen MR) is 147 cm³/mol. The van der Waals surface area contributed by atoms with Gasteiger partial charge in [0.05, 0.1) is 0 Å². The maximum Gasteiger partial charge on any atom is 0.430 e. The fraction of sp³-hybridized carbons (Fsp3) is 0.548. The quantitative estimate of drug-likeness (QED) is 0.505. The van der Waals surface area contributed by atoms with Gasteiger partial charge in [-0.3, -0.25) is 14.5 Å². The first kappa shape index (κ1) is 29.4. The van der Waals surface area contributed by atoms with Gasteiger partial charge in [-0.2, -0.15) is 13.2 Å². The standard InChI is InChI=1S/C31H38F3N3O4/c1-40-30(31(32,33)34,23-9-3-2-4-10-23)28(39)37-17-13-29(14-18-37)21-27(38)35-22-25(29)24-11-5-6-12-26(24)41-20-19-36-15-7-8-16-36/h2-6,9-12,25H,7-8,13-22H2,1H3,(H,35,38)/t25?,30-/m1/s1. The Morgan fingerprint density at radius 2 is 1.66 bits per heavy atom. The lowest BCUT2D eigenvalue weighted by Crippen LogP contribution is -2.60. The number of nitrogens with zero attached hydrogens (tertiary/aromatic N) is 2. The number of ether oxygens (including phenoxy) is 2. The summed E-state index contributed by atoms with van der Waals surface area (Å²) in [6.45, 7) is 4.17. The molecule has 222 valence electrons. The summed E-state index contributed by atoms with van der Waals surface area (Å²) in [5.41, 5.74) is -2.87. The van der Waals surface area contributed by atoms with Gasteiger partial charge in [-0.05, 0) is 55.8 Å². The molecule has 0 saturated carbocycles. The number of nitrogens with one attached hydrogen (secondary N) is 1. The average Bonchev–Trinajstić information content (AvgIpc) is 3.48. The number of piperidine rings is 2. The molecule has 0 aromatic heterocycles. The number of amides is 2. The summed E-state index contributed by atoms with van der Waals surface area (Å²) < 4.78 is 55.0. The molecule has 41 heavy (non-hydrogen) atoms. The van der Waals surface area contributed by atoms with Crippen molar-refractivity contribution >= 4 is 11.8 Å². The first-order chi connectivity index (χ1) is 19.7. The summed E-state index contributed by atoms with van der Waals surface area (Å²) in [7, 11) is 0.923. The molecular weight excluding hydrogens is 535 g/mol. The summed E-state index contributed by atoms with van der Waals surface area (Å²) in [5.74, 6) is -0.537. The van der Waals surface area contributed by atoms with Gasteiger partial charge in [0.15, 0.2) is 0 Å². The third-order valence-corrected chi connectivity index (χ3v) is 9.15. The van der Waals surface area contributed by atoms with Crippen LogP contribution < -0.4 is 10.1 Å². The summed E-state index contributed by atoms with van der Waals surface area (Å²) >= 11 is 0. The van der Waals surface area contributed by atoms with E-state index in [1.807, 2.05) is 24.3 Å². The second-order valence-electron chi connectivity index (χ2n) is 11.4. The number of likely N-dealkylation sites (tertiary alicyclic amines) is 2. The molecule has 0 radical (unpaired) electrons. The second kappa shape index (κ2) is 12.0. The highest BCUT2D eigenvalue weighted by Gasteiger charge is 2.64. The highest BCUT2D eigenvalue weighted by Crippen LogP contribution is 2.52. The molecule has 5 rings (SSSR count). The highest BCUT2D eigenvalue weighted by atomic mass is 19.4. The summed E-state index contributed by atoms with van der Waals surface area (Å²) in [6, 6.07) is 14.9. The zero-order chi connectivity index (χ0) is 29.1. The molecule has 2 amide bonds. The van der Waals surface area contributed by atoms with Gasteiger partial charge in [0, 0.05) is 51.2 Å². The van der Waals surface area contributed by atoms with Gasteiger partial charge in [-0.15, -0.1) is 0 Å². The highest BCUT2D eigenvalue weighted by molar-refractivity contribution is 5.88. The maximum atomic E-state index is 14.6. The van der Waals surface area contributed by atoms with Crippen LogP contribution in [0.15, 0.2) is 54.6 Å². The fourth-order valence-electron chi connectivity index (χ4n) is 6.87. The van der Waals surface area contributed by atoms with Crippen molar-refractivity contribution in [2.45, 2.75) is 49.8 Å². The number of rotatable bonds is 8. The molecular formula is C31H38F3N3O4. The summed E-state index contributed by atoms with van der Waals surface area (Å²) in [6.07, 6.45) is -1.51. The fourth-order valence-corrected chi connectivity index (χ4v) is 6.87. The predicted octanol–water partition coefficient (Wildman–Crippen LogP) is 4.48. The Hall–Kier alpha value is -3.11. The molecule has 3 aliphatic heterocycles. The Balaban J connectivity index is 1.36. The van der Waals surface area contributed by atoms with Crippen molar-refractivity contribution in [3.63, 3.8) is 0 Å². The molecule has 0 bridgehead atoms. The molecule has 3 heterocycles. The van der Waals surface area contributed by atoms with Crippen molar-refractivity contribution in [2.24, 2.45) is 5.41 Å². The lowest BCUT2D eigenvalue weighted by molar-refractivity contribution is -0.271. The minimum absolute atomic E-state index is 0.0840. The van der Waals surface area contributed by atoms with Crippen molar-refractivity contribution in [1.82, 2.24) is 15.1 Å². The number of alkyl halides is 3. The number of para-hydroxylation sites is 1. The van der Waals surface area contributed by atoms with Crippen LogP contribution in [0, 0.1) is 5.41 Å². The van der Waals surface area contributed by atoms with Crippen LogP contribution in [0.4, 0.5) is 13.2 Å². The number of methoxy groups -OCH3 is 1. The Morgan fingerprint density at radius 3 is 2.32 bits per heavy atom. The van der Waals surface area contributed by atoms with E-state index in [0.717, 1.165) is 38.1 Å². The van der Waals surface area contributed by atoms with E-state index in [1.54, 1.807) is 6.07 Å². The maximum absolute atomic E-state index is 14.6. The Morgan fingerprint density at radius 1 is 1.00 bits per heavy atom. The number of benzene rings is 2. The molecule has 2 aromatic carbocycles.